The van der Waals surface area contributed by atoms with Crippen LogP contribution in [0.5, 0.6) is 0 Å². The number of hydrogen-bond donors (Lipinski definition) is 1. The molecule has 3 aromatic carbocycles. The zero-order valence-corrected chi connectivity index (χ0v) is 14.9. The lowest BCUT2D eigenvalue weighted by Gasteiger charge is -2.36. The van der Waals surface area contributed by atoms with Gasteiger partial charge in [0.05, 0.1) is 11.0 Å². The Kier molecular flexibility index (Phi) is 3.71. The Morgan fingerprint density at radius 1 is 0.926 bits per heavy atom. The Hall–Kier alpha value is -3.14. The van der Waals surface area contributed by atoms with Gasteiger partial charge in [-0.1, -0.05) is 30.3 Å². The smallest absolute Gasteiger partial charge is 0.269 e. The van der Waals surface area contributed by atoms with Crippen molar-refractivity contribution >= 4 is 27.7 Å². The average molecular weight is 356 g/mol. The van der Waals surface area contributed by atoms with Crippen molar-refractivity contribution in [2.24, 2.45) is 0 Å². The highest BCUT2D eigenvalue weighted by atomic mass is 16.6. The molecule has 1 N–H and O–H groups in total. The van der Waals surface area contributed by atoms with Crippen molar-refractivity contribution in [1.82, 2.24) is 0 Å². The maximum atomic E-state index is 11.0. The second-order valence-corrected chi connectivity index (χ2v) is 7.35. The summed E-state index contributed by atoms with van der Waals surface area (Å²) in [6, 6.07) is 20.0. The monoisotopic (exact) mass is 356 g/mol. The summed E-state index contributed by atoms with van der Waals surface area (Å²) in [4.78, 5) is 10.6. The Bertz CT molecular complexity index is 1080. The number of nitrogens with zero attached hydrogens (tertiary/aromatic N) is 1. The highest BCUT2D eigenvalue weighted by molar-refractivity contribution is 6.01. The van der Waals surface area contributed by atoms with Crippen LogP contribution in [0.3, 0.4) is 0 Å². The molecule has 4 nitrogen and oxygen atoms in total. The molecule has 27 heavy (non-hydrogen) atoms. The van der Waals surface area contributed by atoms with Crippen molar-refractivity contribution < 1.29 is 4.92 Å². The molecular formula is C23H20N2O2. The zero-order valence-electron chi connectivity index (χ0n) is 14.9. The Morgan fingerprint density at radius 3 is 2.52 bits per heavy atom. The number of nitro benzene ring substituents is 1. The van der Waals surface area contributed by atoms with Gasteiger partial charge in [-0.15, -0.1) is 0 Å². The molecule has 1 aliphatic heterocycles. The summed E-state index contributed by atoms with van der Waals surface area (Å²) in [5.74, 6) is 0. The molecule has 1 heterocycles. The first kappa shape index (κ1) is 16.1. The minimum Gasteiger partial charge on any atom is -0.374 e. The summed E-state index contributed by atoms with van der Waals surface area (Å²) in [5.41, 5.74) is 6.65. The molecule has 3 aromatic rings. The number of nitrogens with one attached hydrogen (secondary N) is 1. The van der Waals surface area contributed by atoms with Crippen molar-refractivity contribution in [3.05, 3.63) is 87.5 Å². The first-order valence-corrected chi connectivity index (χ1v) is 9.47. The lowest BCUT2D eigenvalue weighted by atomic mass is 9.77. The van der Waals surface area contributed by atoms with Crippen LogP contribution < -0.4 is 5.32 Å². The number of allylic oxidation sites excluding steroid dienone is 1. The van der Waals surface area contributed by atoms with Gasteiger partial charge >= 0.3 is 0 Å². The van der Waals surface area contributed by atoms with Crippen LogP contribution in [-0.2, 0) is 0 Å². The third kappa shape index (κ3) is 2.60. The van der Waals surface area contributed by atoms with Crippen LogP contribution >= 0.6 is 0 Å². The van der Waals surface area contributed by atoms with Crippen LogP contribution in [0, 0.1) is 10.1 Å². The molecule has 0 spiro atoms. The van der Waals surface area contributed by atoms with E-state index < -0.39 is 0 Å². The predicted molar refractivity (Wildman–Crippen MR) is 109 cm³/mol. The van der Waals surface area contributed by atoms with E-state index in [4.69, 9.17) is 0 Å². The molecule has 1 atom stereocenters. The van der Waals surface area contributed by atoms with Gasteiger partial charge in [0, 0.05) is 23.4 Å². The van der Waals surface area contributed by atoms with Crippen molar-refractivity contribution in [3.8, 4) is 0 Å². The maximum Gasteiger partial charge on any atom is 0.269 e. The summed E-state index contributed by atoms with van der Waals surface area (Å²) >= 11 is 0. The average Bonchev–Trinajstić information content (AvgIpc) is 2.73. The molecule has 2 aliphatic rings. The fourth-order valence-electron chi connectivity index (χ4n) is 4.57. The molecular weight excluding hydrogens is 336 g/mol. The minimum atomic E-state index is -0.342. The van der Waals surface area contributed by atoms with E-state index in [0.29, 0.717) is 0 Å². The van der Waals surface area contributed by atoms with Crippen LogP contribution in [0.15, 0.2) is 66.2 Å². The zero-order chi connectivity index (χ0) is 18.4. The summed E-state index contributed by atoms with van der Waals surface area (Å²) in [7, 11) is 0. The molecule has 4 heteroatoms. The van der Waals surface area contributed by atoms with Crippen LogP contribution in [0.1, 0.15) is 42.9 Å². The fraction of sp³-hybridized carbons (Fsp3) is 0.217. The van der Waals surface area contributed by atoms with E-state index in [1.807, 2.05) is 12.1 Å². The van der Waals surface area contributed by atoms with E-state index in [1.165, 1.54) is 40.3 Å². The molecule has 134 valence electrons. The highest BCUT2D eigenvalue weighted by Gasteiger charge is 2.30. The van der Waals surface area contributed by atoms with Gasteiger partial charge < -0.3 is 5.32 Å². The number of anilines is 1. The predicted octanol–water partition coefficient (Wildman–Crippen LogP) is 6.24. The van der Waals surface area contributed by atoms with Gasteiger partial charge in [-0.2, -0.15) is 0 Å². The summed E-state index contributed by atoms with van der Waals surface area (Å²) < 4.78 is 0. The lowest BCUT2D eigenvalue weighted by molar-refractivity contribution is -0.384. The topological polar surface area (TPSA) is 55.2 Å². The van der Waals surface area contributed by atoms with E-state index in [0.717, 1.165) is 24.1 Å². The summed E-state index contributed by atoms with van der Waals surface area (Å²) in [5, 5.41) is 17.3. The largest absolute Gasteiger partial charge is 0.374 e. The highest BCUT2D eigenvalue weighted by Crippen LogP contribution is 2.48. The number of benzene rings is 3. The summed E-state index contributed by atoms with van der Waals surface area (Å²) in [6.07, 6.45) is 4.59. The molecule has 0 saturated carbocycles. The lowest BCUT2D eigenvalue weighted by Crippen LogP contribution is -2.22. The third-order valence-corrected chi connectivity index (χ3v) is 5.83. The van der Waals surface area contributed by atoms with Crippen molar-refractivity contribution in [2.45, 2.75) is 31.7 Å². The minimum absolute atomic E-state index is 0.0924. The molecule has 0 fully saturated rings. The molecule has 0 unspecified atom stereocenters. The molecule has 0 aromatic heterocycles. The quantitative estimate of drug-likeness (QED) is 0.436. The normalized spacial score (nSPS) is 18.6. The number of fused-ring (bicyclic) bond motifs is 4. The van der Waals surface area contributed by atoms with E-state index in [9.17, 15) is 10.1 Å². The van der Waals surface area contributed by atoms with Gasteiger partial charge in [-0.05, 0) is 71.4 Å². The van der Waals surface area contributed by atoms with Crippen molar-refractivity contribution in [2.75, 3.05) is 5.32 Å². The fourth-order valence-corrected chi connectivity index (χ4v) is 4.57. The van der Waals surface area contributed by atoms with Crippen LogP contribution in [-0.4, -0.2) is 4.92 Å². The van der Waals surface area contributed by atoms with Crippen LogP contribution in [0.25, 0.3) is 16.3 Å². The summed E-state index contributed by atoms with van der Waals surface area (Å²) in [6.45, 7) is 0. The second-order valence-electron chi connectivity index (χ2n) is 7.35. The molecule has 0 radical (unpaired) electrons. The van der Waals surface area contributed by atoms with E-state index >= 15 is 0 Å². The standard InChI is InChI=1S/C23H20N2O2/c26-25(27)17-12-9-16(10-13-17)23-20-8-4-3-7-19(20)22-18-6-2-1-5-15(18)11-14-21(22)24-23/h1-2,5-6,9-14,23-24H,3-4,7-8H2/t23-/m1/s1. The molecule has 5 rings (SSSR count). The third-order valence-electron chi connectivity index (χ3n) is 5.83. The Balaban J connectivity index is 1.67. The molecule has 0 saturated heterocycles. The van der Waals surface area contributed by atoms with Gasteiger partial charge in [0.25, 0.3) is 5.69 Å². The SMILES string of the molecule is O=[N+]([O-])c1ccc([C@H]2Nc3ccc4ccccc4c3C3=C2CCCC3)cc1. The Labute approximate surface area is 157 Å². The van der Waals surface area contributed by atoms with E-state index in [2.05, 4.69) is 41.7 Å². The van der Waals surface area contributed by atoms with Crippen molar-refractivity contribution in [1.29, 1.82) is 0 Å². The van der Waals surface area contributed by atoms with Crippen LogP contribution in [0.4, 0.5) is 11.4 Å². The Morgan fingerprint density at radius 2 is 1.70 bits per heavy atom. The van der Waals surface area contributed by atoms with Crippen molar-refractivity contribution in [3.63, 3.8) is 0 Å². The van der Waals surface area contributed by atoms with Gasteiger partial charge in [-0.25, -0.2) is 0 Å². The van der Waals surface area contributed by atoms with Gasteiger partial charge in [0.2, 0.25) is 0 Å². The van der Waals surface area contributed by atoms with Gasteiger partial charge in [-0.3, -0.25) is 10.1 Å². The molecule has 0 amide bonds. The molecule has 1 aliphatic carbocycles. The maximum absolute atomic E-state index is 11.0. The number of non-ortho nitro benzene ring substituents is 1. The number of nitro groups is 1. The first-order chi connectivity index (χ1) is 13.2. The number of hydrogen-bond acceptors (Lipinski definition) is 3. The van der Waals surface area contributed by atoms with Crippen LogP contribution in [0.2, 0.25) is 0 Å². The first-order valence-electron chi connectivity index (χ1n) is 9.47. The molecule has 0 bridgehead atoms. The van der Waals surface area contributed by atoms with E-state index in [-0.39, 0.29) is 16.7 Å². The second kappa shape index (κ2) is 6.23. The van der Waals surface area contributed by atoms with Gasteiger partial charge in [0.1, 0.15) is 0 Å². The van der Waals surface area contributed by atoms with E-state index in [1.54, 1.807) is 12.1 Å². The van der Waals surface area contributed by atoms with Gasteiger partial charge in [0.15, 0.2) is 0 Å². The number of rotatable bonds is 2.